The number of para-hydroxylation sites is 1. The lowest BCUT2D eigenvalue weighted by Crippen LogP contribution is -2.46. The van der Waals surface area contributed by atoms with E-state index in [2.05, 4.69) is 53.5 Å². The highest BCUT2D eigenvalue weighted by Gasteiger charge is 2.35. The molecule has 0 bridgehead atoms. The zero-order chi connectivity index (χ0) is 77.4. The number of aromatic nitrogens is 4. The minimum absolute atomic E-state index is 0.0329. The number of carbonyl (C=O) groups excluding carboxylic acids is 3. The van der Waals surface area contributed by atoms with E-state index in [0.717, 1.165) is 85.6 Å². The Balaban J connectivity index is 0.000000223. The number of benzene rings is 5. The molecule has 566 valence electrons. The number of fused-ring (bicyclic) bond motifs is 2. The number of unbranched alkanes of at least 4 members (excludes halogenated alkanes) is 3. The number of carbonyl (C=O) groups is 4. The molecule has 1 amide bonds. The predicted octanol–water partition coefficient (Wildman–Crippen LogP) is 10.5. The van der Waals surface area contributed by atoms with Crippen molar-refractivity contribution in [3.63, 3.8) is 0 Å². The molecule has 8 aromatic rings. The molecule has 4 heterocycles. The largest absolute Gasteiger partial charge is 0.478 e. The van der Waals surface area contributed by atoms with E-state index in [0.29, 0.717) is 75.7 Å². The van der Waals surface area contributed by atoms with Gasteiger partial charge in [0.1, 0.15) is 49.2 Å². The molecule has 105 heavy (non-hydrogen) atoms. The molecule has 1 aliphatic rings. The Kier molecular flexibility index (Phi) is 31.3. The number of anilines is 4. The van der Waals surface area contributed by atoms with Crippen molar-refractivity contribution in [3.05, 3.63) is 150 Å². The van der Waals surface area contributed by atoms with Crippen molar-refractivity contribution in [1.82, 2.24) is 29.3 Å². The number of carboxylic acids is 1. The molecular formula is C69H88N14O16S6. The second-order valence-electron chi connectivity index (χ2n) is 23.7. The third kappa shape index (κ3) is 24.0. The van der Waals surface area contributed by atoms with Crippen LogP contribution in [0.15, 0.2) is 159 Å². The van der Waals surface area contributed by atoms with Gasteiger partial charge >= 0.3 is 17.9 Å². The number of ether oxygens (including phenoxy) is 3. The number of nitrogens with one attached hydrogen (secondary N) is 3. The molecule has 1 atom stereocenters. The minimum atomic E-state index is -4.17. The first kappa shape index (κ1) is 84.4. The summed E-state index contributed by atoms with van der Waals surface area (Å²) in [5.74, 6) is -1.36. The summed E-state index contributed by atoms with van der Waals surface area (Å²) in [5.41, 5.74) is 3.36. The van der Waals surface area contributed by atoms with Crippen LogP contribution < -0.4 is 35.9 Å². The molecule has 0 spiro atoms. The lowest BCUT2D eigenvalue weighted by Gasteiger charge is -2.35. The second kappa shape index (κ2) is 39.0. The molecule has 5 aromatic carbocycles. The van der Waals surface area contributed by atoms with Gasteiger partial charge in [0.05, 0.1) is 69.6 Å². The summed E-state index contributed by atoms with van der Waals surface area (Å²) in [6, 6.07) is 29.4. The van der Waals surface area contributed by atoms with Crippen LogP contribution in [0.1, 0.15) is 122 Å². The molecule has 0 radical (unpaired) electrons. The molecule has 30 nitrogen and oxygen atoms in total. The highest BCUT2D eigenvalue weighted by molar-refractivity contribution is 8.00. The van der Waals surface area contributed by atoms with Gasteiger partial charge in [-0.15, -0.1) is 8.80 Å². The number of nitrogens with two attached hydrogens (primary N) is 2. The van der Waals surface area contributed by atoms with Crippen molar-refractivity contribution in [2.24, 2.45) is 19.1 Å². The van der Waals surface area contributed by atoms with Crippen LogP contribution in [-0.4, -0.2) is 166 Å². The summed E-state index contributed by atoms with van der Waals surface area (Å²) in [4.78, 5) is 65.4. The maximum Gasteiger partial charge on any atom is 0.337 e. The van der Waals surface area contributed by atoms with Crippen molar-refractivity contribution in [2.75, 3.05) is 76.4 Å². The number of methoxy groups -OCH3 is 2. The van der Waals surface area contributed by atoms with Gasteiger partial charge in [0.25, 0.3) is 20.0 Å². The van der Waals surface area contributed by atoms with E-state index in [1.54, 1.807) is 65.7 Å². The third-order valence-electron chi connectivity index (χ3n) is 14.9. The number of rotatable bonds is 30. The van der Waals surface area contributed by atoms with Crippen LogP contribution >= 0.6 is 23.1 Å². The standard InChI is InChI=1S/C22H23N5O4S2.C19H28N4O4S.C14H19N3O5S.C14H18N2O3S2/c1-27(2)15-26-33(29,30)19-13-17(21(28)31-3)12-18(25-14-16-8-5-4-6-9-16)20(19)32-22-23-10-7-11-24-22;1-6-8-10-23-17(9-7-2)21-15-11-14(19(24)27-5)12-16(18(15)23)28(25,26)20-13-22(3)4;1-3-4-5-17-10-6-9(14(19)20)7-11(23(15,21)22)12(10)16-8(2)13(17)18;1-2-3-9-16-12-10-13(21(15,17)18)20-14(12)19-11-7-5-4-6-8-11/h4-13,15,25H,14H2,1-3H3;11-13H,6-10H2,1-5H3;6-8,16H,3-5H2,1-2H3,(H,19,20)(H2,15,21,22);4-8,10,16H,2-3,9H2,1H3,(H2,15,17,18)/t;;8-;/m..1./s1. The highest BCUT2D eigenvalue weighted by atomic mass is 32.2. The Hall–Kier alpha value is -9.56. The van der Waals surface area contributed by atoms with Gasteiger partial charge in [0.2, 0.25) is 31.0 Å². The van der Waals surface area contributed by atoms with E-state index < -0.39 is 64.0 Å². The van der Waals surface area contributed by atoms with Gasteiger partial charge in [-0.05, 0) is 111 Å². The zero-order valence-electron chi connectivity index (χ0n) is 60.0. The van der Waals surface area contributed by atoms with Crippen LogP contribution in [0.5, 0.6) is 10.8 Å². The predicted molar refractivity (Wildman–Crippen MR) is 407 cm³/mol. The Labute approximate surface area is 620 Å². The molecule has 0 unspecified atom stereocenters. The zero-order valence-corrected chi connectivity index (χ0v) is 64.9. The van der Waals surface area contributed by atoms with Gasteiger partial charge < -0.3 is 54.5 Å². The summed E-state index contributed by atoms with van der Waals surface area (Å²) in [6.45, 7) is 12.0. The molecule has 3 aromatic heterocycles. The molecule has 9 rings (SSSR count). The summed E-state index contributed by atoms with van der Waals surface area (Å²) in [5, 5.41) is 29.7. The number of amides is 1. The van der Waals surface area contributed by atoms with Crippen LogP contribution in [0.3, 0.4) is 0 Å². The number of hydrogen-bond acceptors (Lipinski definition) is 23. The van der Waals surface area contributed by atoms with Crippen LogP contribution in [0.25, 0.3) is 11.0 Å². The number of nitrogens with zero attached hydrogens (tertiary/aromatic N) is 9. The molecule has 0 saturated heterocycles. The summed E-state index contributed by atoms with van der Waals surface area (Å²) < 4.78 is 124. The first-order valence-electron chi connectivity index (χ1n) is 32.9. The number of hydrogen-bond donors (Lipinski definition) is 6. The van der Waals surface area contributed by atoms with Gasteiger partial charge in [-0.1, -0.05) is 107 Å². The maximum atomic E-state index is 13.2. The summed E-state index contributed by atoms with van der Waals surface area (Å²) in [6.07, 6.45) is 12.6. The number of primary sulfonamides is 2. The van der Waals surface area contributed by atoms with Gasteiger partial charge in [0, 0.05) is 73.2 Å². The van der Waals surface area contributed by atoms with Crippen LogP contribution in [0.2, 0.25) is 0 Å². The molecule has 0 aliphatic carbocycles. The van der Waals surface area contributed by atoms with E-state index in [-0.39, 0.29) is 52.9 Å². The first-order chi connectivity index (χ1) is 49.7. The van der Waals surface area contributed by atoms with E-state index in [1.165, 1.54) is 65.9 Å². The topological polar surface area (TPSA) is 419 Å². The fraction of sp³-hybridized carbons (Fsp3) is 0.348. The summed E-state index contributed by atoms with van der Waals surface area (Å²) in [7, 11) is -6.91. The molecule has 8 N–H and O–H groups in total. The Morgan fingerprint density at radius 2 is 1.25 bits per heavy atom. The Morgan fingerprint density at radius 3 is 1.80 bits per heavy atom. The van der Waals surface area contributed by atoms with E-state index >= 15 is 0 Å². The lowest BCUT2D eigenvalue weighted by molar-refractivity contribution is -0.119. The first-order valence-corrected chi connectivity index (χ1v) is 40.5. The van der Waals surface area contributed by atoms with Gasteiger partial charge in [-0.3, -0.25) is 4.79 Å². The fourth-order valence-corrected chi connectivity index (χ4v) is 15.7. The number of imidazole rings is 1. The fourth-order valence-electron chi connectivity index (χ4n) is 9.77. The quantitative estimate of drug-likeness (QED) is 0.00800. The van der Waals surface area contributed by atoms with Crippen molar-refractivity contribution in [3.8, 4) is 10.8 Å². The number of thiophene rings is 1. The average molecular weight is 1560 g/mol. The number of aromatic carboxylic acids is 1. The van der Waals surface area contributed by atoms with Gasteiger partial charge in [0.15, 0.2) is 5.16 Å². The number of aryl methyl sites for hydroxylation is 2. The molecule has 0 saturated carbocycles. The smallest absolute Gasteiger partial charge is 0.337 e. The number of carboxylic acid groups (broad SMARTS) is 1. The molecule has 36 heteroatoms. The monoisotopic (exact) mass is 1560 g/mol. The molecular weight excluding hydrogens is 1470 g/mol. The third-order valence-corrected chi connectivity index (χ3v) is 21.9. The van der Waals surface area contributed by atoms with Crippen LogP contribution in [-0.2, 0) is 73.9 Å². The van der Waals surface area contributed by atoms with E-state index in [1.807, 2.05) is 79.1 Å². The average Bonchev–Trinajstić information content (AvgIpc) is 1.73. The van der Waals surface area contributed by atoms with Crippen molar-refractivity contribution < 1.29 is 72.2 Å². The minimum Gasteiger partial charge on any atom is -0.478 e. The molecule has 1 aliphatic heterocycles. The van der Waals surface area contributed by atoms with E-state index in [9.17, 15) is 58.0 Å². The van der Waals surface area contributed by atoms with Crippen LogP contribution in [0.4, 0.5) is 22.7 Å². The van der Waals surface area contributed by atoms with Crippen molar-refractivity contribution >= 4 is 133 Å². The van der Waals surface area contributed by atoms with Crippen LogP contribution in [0, 0.1) is 0 Å². The number of sulfonamides is 4. The lowest BCUT2D eigenvalue weighted by atomic mass is 10.1. The van der Waals surface area contributed by atoms with Gasteiger partial charge in [-0.2, -0.15) is 16.8 Å². The number of esters is 2. The normalized spacial score (nSPS) is 12.9. The molecule has 0 fully saturated rings. The summed E-state index contributed by atoms with van der Waals surface area (Å²) >= 11 is 2.08. The Bertz CT molecular complexity index is 4850. The Morgan fingerprint density at radius 1 is 0.686 bits per heavy atom. The maximum absolute atomic E-state index is 13.2. The van der Waals surface area contributed by atoms with E-state index in [4.69, 9.17) is 24.5 Å². The SMILES string of the molecule is CCCCN1C(=O)[C@@H](C)Nc2c1cc(C(=O)O)cc2S(N)(=O)=O.CCCCNc1cc(S(N)(=O)=O)sc1Oc1ccccc1.CCCCn1c(CCC)nc2cc(C(=O)OC)cc(S(=O)(=O)N=CN(C)C)c21.COC(=O)c1cc(NCc2ccccc2)c(Sc2ncccn2)c(S(=O)(=O)N=CN(C)C)c1. The van der Waals surface area contributed by atoms with Gasteiger partial charge in [-0.25, -0.2) is 56.4 Å². The second-order valence-corrected chi connectivity index (χ2v) is 32.2. The van der Waals surface area contributed by atoms with Crippen molar-refractivity contribution in [1.29, 1.82) is 0 Å². The van der Waals surface area contributed by atoms with Crippen molar-refractivity contribution in [2.45, 2.75) is 134 Å². The highest BCUT2D eigenvalue weighted by Crippen LogP contribution is 2.42.